The number of nitrogens with one attached hydrogen (secondary N) is 2. The van der Waals surface area contributed by atoms with E-state index in [0.717, 1.165) is 54.2 Å². The van der Waals surface area contributed by atoms with Gasteiger partial charge in [-0.2, -0.15) is 0 Å². The topological polar surface area (TPSA) is 129 Å². The van der Waals surface area contributed by atoms with Crippen LogP contribution in [-0.2, 0) is 23.1 Å². The second-order valence-corrected chi connectivity index (χ2v) is 12.6. The number of carbonyl (C=O) groups excluding carboxylic acids is 2. The van der Waals surface area contributed by atoms with E-state index in [4.69, 9.17) is 5.73 Å². The molecule has 218 valence electrons. The number of nitrogens with zero attached hydrogens (tertiary/aromatic N) is 1. The standard InChI is InChI=1S/C32H46N4O4/c1-6-23-14-25(30(39)34-27(29(33)38)13-19(2)3)31(40)35-28(23)17-32(26-15-24(37)10-7-20(26)4)11-12-36(21(5)16-32)18-22-8-9-22/h7,10,14-15,19,21-22,27,37H,6,8-9,11-13,16-18H2,1-5H3,(H2,33,38)(H,34,39)(H,35,40). The fraction of sp³-hybridized carbons (Fsp3) is 0.594. The fourth-order valence-electron chi connectivity index (χ4n) is 6.51. The zero-order valence-corrected chi connectivity index (χ0v) is 24.7. The number of benzene rings is 1. The molecule has 3 unspecified atom stereocenters. The summed E-state index contributed by atoms with van der Waals surface area (Å²) in [5.74, 6) is 0.00673. The van der Waals surface area contributed by atoms with E-state index in [2.05, 4.69) is 29.0 Å². The van der Waals surface area contributed by atoms with Crippen LogP contribution in [0.3, 0.4) is 0 Å². The van der Waals surface area contributed by atoms with Gasteiger partial charge in [-0.05, 0) is 112 Å². The second kappa shape index (κ2) is 12.2. The monoisotopic (exact) mass is 550 g/mol. The van der Waals surface area contributed by atoms with Crippen LogP contribution in [0.4, 0.5) is 0 Å². The maximum absolute atomic E-state index is 13.3. The van der Waals surface area contributed by atoms with E-state index in [1.165, 1.54) is 12.8 Å². The highest BCUT2D eigenvalue weighted by Gasteiger charge is 2.42. The van der Waals surface area contributed by atoms with Crippen molar-refractivity contribution in [1.29, 1.82) is 0 Å². The lowest BCUT2D eigenvalue weighted by Crippen LogP contribution is -2.50. The van der Waals surface area contributed by atoms with Crippen molar-refractivity contribution < 1.29 is 14.7 Å². The quantitative estimate of drug-likeness (QED) is 0.337. The predicted molar refractivity (Wildman–Crippen MR) is 158 cm³/mol. The summed E-state index contributed by atoms with van der Waals surface area (Å²) in [6.45, 7) is 12.4. The number of hydrogen-bond donors (Lipinski definition) is 4. The third kappa shape index (κ3) is 6.77. The molecule has 8 nitrogen and oxygen atoms in total. The number of primary amides is 1. The van der Waals surface area contributed by atoms with Crippen LogP contribution in [0, 0.1) is 18.8 Å². The number of nitrogens with two attached hydrogens (primary N) is 1. The Balaban J connectivity index is 1.67. The Labute approximate surface area is 237 Å². The number of carbonyl (C=O) groups is 2. The zero-order chi connectivity index (χ0) is 29.2. The number of aromatic amines is 1. The minimum absolute atomic E-state index is 0.00851. The van der Waals surface area contributed by atoms with Crippen molar-refractivity contribution in [3.63, 3.8) is 0 Å². The number of aromatic nitrogens is 1. The van der Waals surface area contributed by atoms with Gasteiger partial charge in [-0.3, -0.25) is 14.4 Å². The maximum Gasteiger partial charge on any atom is 0.261 e. The van der Waals surface area contributed by atoms with Crippen LogP contribution in [0.25, 0.3) is 0 Å². The highest BCUT2D eigenvalue weighted by Crippen LogP contribution is 2.44. The lowest BCUT2D eigenvalue weighted by molar-refractivity contribution is -0.120. The first kappa shape index (κ1) is 29.8. The molecule has 0 radical (unpaired) electrons. The number of hydrogen-bond acceptors (Lipinski definition) is 5. The van der Waals surface area contributed by atoms with E-state index in [-0.39, 0.29) is 22.6 Å². The maximum atomic E-state index is 13.3. The van der Waals surface area contributed by atoms with Crippen molar-refractivity contribution >= 4 is 11.8 Å². The van der Waals surface area contributed by atoms with E-state index < -0.39 is 23.4 Å². The van der Waals surface area contributed by atoms with Crippen LogP contribution < -0.4 is 16.6 Å². The first-order chi connectivity index (χ1) is 18.9. The number of H-pyrrole nitrogens is 1. The molecule has 3 atom stereocenters. The van der Waals surface area contributed by atoms with Crippen LogP contribution in [-0.4, -0.2) is 52.0 Å². The number of likely N-dealkylation sites (tertiary alicyclic amines) is 1. The van der Waals surface area contributed by atoms with Crippen molar-refractivity contribution in [2.24, 2.45) is 17.6 Å². The van der Waals surface area contributed by atoms with Gasteiger partial charge in [0.25, 0.3) is 11.5 Å². The molecule has 0 spiro atoms. The number of rotatable bonds is 11. The number of aromatic hydroxyl groups is 1. The number of amides is 2. The van der Waals surface area contributed by atoms with E-state index >= 15 is 0 Å². The average Bonchev–Trinajstić information content (AvgIpc) is 3.70. The normalized spacial score (nSPS) is 22.3. The molecule has 40 heavy (non-hydrogen) atoms. The van der Waals surface area contributed by atoms with Gasteiger partial charge in [-0.1, -0.05) is 26.8 Å². The average molecular weight is 551 g/mol. The molecule has 1 saturated carbocycles. The first-order valence-corrected chi connectivity index (χ1v) is 14.8. The first-order valence-electron chi connectivity index (χ1n) is 14.8. The fourth-order valence-corrected chi connectivity index (χ4v) is 6.51. The Morgan fingerprint density at radius 3 is 2.58 bits per heavy atom. The molecule has 2 heterocycles. The number of piperidine rings is 1. The highest BCUT2D eigenvalue weighted by atomic mass is 16.3. The molecule has 1 aliphatic carbocycles. The molecule has 1 aromatic carbocycles. The Hall–Kier alpha value is -3.13. The van der Waals surface area contributed by atoms with Gasteiger partial charge in [-0.15, -0.1) is 0 Å². The highest BCUT2D eigenvalue weighted by molar-refractivity contribution is 5.97. The van der Waals surface area contributed by atoms with Gasteiger partial charge in [0, 0.05) is 23.7 Å². The van der Waals surface area contributed by atoms with Crippen LogP contribution >= 0.6 is 0 Å². The molecular weight excluding hydrogens is 504 g/mol. The van der Waals surface area contributed by atoms with Gasteiger partial charge in [0.2, 0.25) is 5.91 Å². The third-order valence-corrected chi connectivity index (χ3v) is 8.88. The molecule has 0 bridgehead atoms. The minimum atomic E-state index is -0.837. The summed E-state index contributed by atoms with van der Waals surface area (Å²) in [6.07, 6.45) is 6.10. The summed E-state index contributed by atoms with van der Waals surface area (Å²) < 4.78 is 0. The van der Waals surface area contributed by atoms with Gasteiger partial charge in [-0.25, -0.2) is 0 Å². The summed E-state index contributed by atoms with van der Waals surface area (Å²) in [7, 11) is 0. The summed E-state index contributed by atoms with van der Waals surface area (Å²) in [5.41, 5.74) is 8.73. The lowest BCUT2D eigenvalue weighted by atomic mass is 9.66. The number of phenols is 1. The summed E-state index contributed by atoms with van der Waals surface area (Å²) >= 11 is 0. The Morgan fingerprint density at radius 1 is 1.25 bits per heavy atom. The summed E-state index contributed by atoms with van der Waals surface area (Å²) in [4.78, 5) is 44.0. The Morgan fingerprint density at radius 2 is 1.98 bits per heavy atom. The van der Waals surface area contributed by atoms with Gasteiger partial charge in [0.15, 0.2) is 0 Å². The molecule has 2 amide bonds. The summed E-state index contributed by atoms with van der Waals surface area (Å²) in [5, 5.41) is 13.1. The lowest BCUT2D eigenvalue weighted by Gasteiger charge is -2.47. The van der Waals surface area contributed by atoms with E-state index in [1.54, 1.807) is 12.1 Å². The summed E-state index contributed by atoms with van der Waals surface area (Å²) in [6, 6.07) is 6.79. The van der Waals surface area contributed by atoms with E-state index in [1.807, 2.05) is 32.9 Å². The van der Waals surface area contributed by atoms with Crippen LogP contribution in [0.5, 0.6) is 5.75 Å². The van der Waals surface area contributed by atoms with Gasteiger partial charge in [0.1, 0.15) is 17.4 Å². The molecule has 8 heteroatoms. The van der Waals surface area contributed by atoms with E-state index in [0.29, 0.717) is 25.3 Å². The minimum Gasteiger partial charge on any atom is -0.508 e. The van der Waals surface area contributed by atoms with Gasteiger partial charge in [0.05, 0.1) is 0 Å². The molecule has 1 saturated heterocycles. The molecule has 5 N–H and O–H groups in total. The molecule has 2 aliphatic rings. The smallest absolute Gasteiger partial charge is 0.261 e. The molecule has 1 aliphatic heterocycles. The van der Waals surface area contributed by atoms with Crippen molar-refractivity contribution in [2.45, 2.75) is 97.1 Å². The van der Waals surface area contributed by atoms with Gasteiger partial charge < -0.3 is 26.0 Å². The van der Waals surface area contributed by atoms with Gasteiger partial charge >= 0.3 is 0 Å². The number of pyridine rings is 1. The van der Waals surface area contributed by atoms with Crippen LogP contribution in [0.1, 0.15) is 92.5 Å². The molecule has 2 fully saturated rings. The molecule has 2 aromatic rings. The molecular formula is C32H46N4O4. The largest absolute Gasteiger partial charge is 0.508 e. The van der Waals surface area contributed by atoms with Crippen LogP contribution in [0.2, 0.25) is 0 Å². The molecule has 1 aromatic heterocycles. The van der Waals surface area contributed by atoms with Crippen molar-refractivity contribution in [2.75, 3.05) is 13.1 Å². The predicted octanol–water partition coefficient (Wildman–Crippen LogP) is 3.96. The van der Waals surface area contributed by atoms with Crippen molar-refractivity contribution in [3.8, 4) is 5.75 Å². The zero-order valence-electron chi connectivity index (χ0n) is 24.7. The number of phenolic OH excluding ortho intramolecular Hbond substituents is 1. The third-order valence-electron chi connectivity index (χ3n) is 8.88. The number of aryl methyl sites for hydroxylation is 2. The Bertz CT molecular complexity index is 1300. The van der Waals surface area contributed by atoms with Crippen molar-refractivity contribution in [1.82, 2.24) is 15.2 Å². The van der Waals surface area contributed by atoms with Crippen LogP contribution in [0.15, 0.2) is 29.1 Å². The van der Waals surface area contributed by atoms with Crippen molar-refractivity contribution in [3.05, 3.63) is 62.6 Å². The SMILES string of the molecule is CCc1cc(C(=O)NC(CC(C)C)C(N)=O)c(=O)[nH]c1CC1(c2cc(O)ccc2C)CCN(CC2CC2)C(C)C1. The van der Waals surface area contributed by atoms with E-state index in [9.17, 15) is 19.5 Å². The Kier molecular flexibility index (Phi) is 9.08. The molecule has 4 rings (SSSR count). The second-order valence-electron chi connectivity index (χ2n) is 12.6.